The molecule has 1 saturated heterocycles. The lowest BCUT2D eigenvalue weighted by molar-refractivity contribution is -0.123. The molecule has 1 aromatic carbocycles. The second kappa shape index (κ2) is 6.72. The van der Waals surface area contributed by atoms with Gasteiger partial charge in [0.15, 0.2) is 11.5 Å². The van der Waals surface area contributed by atoms with E-state index in [1.165, 1.54) is 0 Å². The number of halogens is 3. The first kappa shape index (κ1) is 18.7. The number of rotatable bonds is 4. The second-order valence-electron chi connectivity index (χ2n) is 6.66. The molecule has 24 heavy (non-hydrogen) atoms. The Labute approximate surface area is 145 Å². The van der Waals surface area contributed by atoms with Crippen LogP contribution in [0.15, 0.2) is 18.2 Å². The smallest absolute Gasteiger partial charge is 0.262 e. The highest BCUT2D eigenvalue weighted by Crippen LogP contribution is 2.36. The molecule has 0 radical (unpaired) electrons. The summed E-state index contributed by atoms with van der Waals surface area (Å²) < 4.78 is 36.9. The Kier molecular flexibility index (Phi) is 5.25. The summed E-state index contributed by atoms with van der Waals surface area (Å²) in [6.45, 7) is 4.05. The predicted octanol–water partition coefficient (Wildman–Crippen LogP) is 2.23. The topological polar surface area (TPSA) is 59.6 Å². The summed E-state index contributed by atoms with van der Waals surface area (Å²) in [6.07, 6.45) is -0.455. The zero-order chi connectivity index (χ0) is 16.7. The maximum absolute atomic E-state index is 13.2. The highest BCUT2D eigenvalue weighted by Gasteiger charge is 2.42. The van der Waals surface area contributed by atoms with E-state index in [1.54, 1.807) is 0 Å². The lowest BCUT2D eigenvalue weighted by Crippen LogP contribution is -2.45. The molecular weight excluding hydrogens is 342 g/mol. The Bertz CT molecular complexity index is 625. The molecular formula is C16H21ClF2N2O3. The molecule has 0 aromatic heterocycles. The fourth-order valence-corrected chi connectivity index (χ4v) is 2.75. The average molecular weight is 363 g/mol. The fourth-order valence-electron chi connectivity index (χ4n) is 2.75. The van der Waals surface area contributed by atoms with E-state index in [0.717, 1.165) is 5.56 Å². The number of benzene rings is 1. The molecule has 8 heteroatoms. The third kappa shape index (κ3) is 3.89. The van der Waals surface area contributed by atoms with Crippen molar-refractivity contribution in [1.29, 1.82) is 0 Å². The summed E-state index contributed by atoms with van der Waals surface area (Å²) in [5.41, 5.74) is 0.615. The number of carbonyl (C=O) groups excluding carboxylic acids is 1. The number of carbonyl (C=O) groups is 1. The van der Waals surface area contributed by atoms with Crippen LogP contribution in [0.1, 0.15) is 25.8 Å². The minimum absolute atomic E-state index is 0. The maximum Gasteiger partial charge on any atom is 0.262 e. The largest absolute Gasteiger partial charge is 0.454 e. The summed E-state index contributed by atoms with van der Waals surface area (Å²) in [6, 6.07) is 4.80. The van der Waals surface area contributed by atoms with E-state index in [0.29, 0.717) is 18.0 Å². The van der Waals surface area contributed by atoms with E-state index >= 15 is 0 Å². The predicted molar refractivity (Wildman–Crippen MR) is 87.2 cm³/mol. The summed E-state index contributed by atoms with van der Waals surface area (Å²) in [4.78, 5) is 12.0. The quantitative estimate of drug-likeness (QED) is 0.862. The first-order valence-electron chi connectivity index (χ1n) is 7.56. The minimum Gasteiger partial charge on any atom is -0.454 e. The normalized spacial score (nSPS) is 21.2. The molecule has 1 unspecified atom stereocenters. The van der Waals surface area contributed by atoms with Crippen molar-refractivity contribution in [2.24, 2.45) is 0 Å². The highest BCUT2D eigenvalue weighted by atomic mass is 35.5. The third-order valence-corrected chi connectivity index (χ3v) is 4.28. The van der Waals surface area contributed by atoms with Gasteiger partial charge >= 0.3 is 0 Å². The molecule has 1 fully saturated rings. The van der Waals surface area contributed by atoms with Crippen LogP contribution in [0.3, 0.4) is 0 Å². The van der Waals surface area contributed by atoms with Gasteiger partial charge in [-0.15, -0.1) is 12.4 Å². The van der Waals surface area contributed by atoms with Crippen molar-refractivity contribution in [3.8, 4) is 11.5 Å². The molecule has 2 heterocycles. The number of fused-ring (bicyclic) bond motifs is 1. The van der Waals surface area contributed by atoms with Crippen LogP contribution in [0.25, 0.3) is 0 Å². The zero-order valence-electron chi connectivity index (χ0n) is 13.5. The van der Waals surface area contributed by atoms with Gasteiger partial charge in [-0.05, 0) is 17.7 Å². The molecule has 0 aliphatic carbocycles. The van der Waals surface area contributed by atoms with E-state index in [-0.39, 0.29) is 24.6 Å². The van der Waals surface area contributed by atoms with Crippen LogP contribution in [0.2, 0.25) is 0 Å². The van der Waals surface area contributed by atoms with Crippen LogP contribution < -0.4 is 20.1 Å². The van der Waals surface area contributed by atoms with Crippen molar-refractivity contribution < 1.29 is 23.0 Å². The standard InChI is InChI=1S/C16H20F2N2O3.ClH/c1-15(2,10-3-4-12-13(5-10)23-9-22-12)7-20-14(21)11-6-16(17,18)8-19-11;/h3-5,11,19H,6-9H2,1-2H3,(H,20,21);1H. The van der Waals surface area contributed by atoms with Gasteiger partial charge in [0.1, 0.15) is 0 Å². The van der Waals surface area contributed by atoms with Gasteiger partial charge in [0.2, 0.25) is 12.7 Å². The molecule has 0 bridgehead atoms. The maximum atomic E-state index is 13.2. The minimum atomic E-state index is -2.81. The molecule has 3 rings (SSSR count). The van der Waals surface area contributed by atoms with Crippen molar-refractivity contribution in [3.05, 3.63) is 23.8 Å². The molecule has 1 amide bonds. The van der Waals surface area contributed by atoms with Crippen molar-refractivity contribution in [2.45, 2.75) is 37.6 Å². The molecule has 0 saturated carbocycles. The van der Waals surface area contributed by atoms with E-state index in [4.69, 9.17) is 9.47 Å². The first-order valence-corrected chi connectivity index (χ1v) is 7.56. The van der Waals surface area contributed by atoms with E-state index < -0.39 is 30.8 Å². The highest BCUT2D eigenvalue weighted by molar-refractivity contribution is 5.85. The summed E-state index contributed by atoms with van der Waals surface area (Å²) in [5, 5.41) is 5.32. The molecule has 1 atom stereocenters. The van der Waals surface area contributed by atoms with E-state index in [9.17, 15) is 13.6 Å². The number of hydrogen-bond donors (Lipinski definition) is 2. The molecule has 2 aliphatic heterocycles. The van der Waals surface area contributed by atoms with Crippen LogP contribution in [0.4, 0.5) is 8.78 Å². The third-order valence-electron chi connectivity index (χ3n) is 4.28. The van der Waals surface area contributed by atoms with Crippen LogP contribution in [0, 0.1) is 0 Å². The van der Waals surface area contributed by atoms with Crippen molar-refractivity contribution >= 4 is 18.3 Å². The van der Waals surface area contributed by atoms with Gasteiger partial charge in [0, 0.05) is 18.4 Å². The van der Waals surface area contributed by atoms with E-state index in [1.807, 2.05) is 32.0 Å². The van der Waals surface area contributed by atoms with Gasteiger partial charge in [-0.2, -0.15) is 0 Å². The lowest BCUT2D eigenvalue weighted by Gasteiger charge is -2.26. The van der Waals surface area contributed by atoms with Crippen molar-refractivity contribution in [2.75, 3.05) is 19.9 Å². The molecule has 134 valence electrons. The number of alkyl halides is 2. The van der Waals surface area contributed by atoms with Gasteiger partial charge in [-0.1, -0.05) is 19.9 Å². The second-order valence-corrected chi connectivity index (χ2v) is 6.66. The van der Waals surface area contributed by atoms with Crippen molar-refractivity contribution in [1.82, 2.24) is 10.6 Å². The number of amides is 1. The van der Waals surface area contributed by atoms with Gasteiger partial charge < -0.3 is 14.8 Å². The van der Waals surface area contributed by atoms with Crippen LogP contribution in [0.5, 0.6) is 11.5 Å². The zero-order valence-corrected chi connectivity index (χ0v) is 14.3. The van der Waals surface area contributed by atoms with Crippen LogP contribution in [-0.4, -0.2) is 37.8 Å². The van der Waals surface area contributed by atoms with Gasteiger partial charge in [-0.3, -0.25) is 10.1 Å². The molecule has 5 nitrogen and oxygen atoms in total. The van der Waals surface area contributed by atoms with Crippen LogP contribution in [-0.2, 0) is 10.2 Å². The van der Waals surface area contributed by atoms with Crippen molar-refractivity contribution in [3.63, 3.8) is 0 Å². The Hall–Kier alpha value is -1.60. The fraction of sp³-hybridized carbons (Fsp3) is 0.562. The lowest BCUT2D eigenvalue weighted by atomic mass is 9.84. The Morgan fingerprint density at radius 2 is 2.08 bits per heavy atom. The summed E-state index contributed by atoms with van der Waals surface area (Å²) in [7, 11) is 0. The number of ether oxygens (including phenoxy) is 2. The Balaban J connectivity index is 0.00000208. The van der Waals surface area contributed by atoms with E-state index in [2.05, 4.69) is 10.6 Å². The van der Waals surface area contributed by atoms with Gasteiger partial charge in [-0.25, -0.2) is 8.78 Å². The van der Waals surface area contributed by atoms with Gasteiger partial charge in [0.05, 0.1) is 12.6 Å². The first-order chi connectivity index (χ1) is 10.8. The molecule has 2 aliphatic rings. The van der Waals surface area contributed by atoms with Crippen LogP contribution >= 0.6 is 12.4 Å². The SMILES string of the molecule is CC(C)(CNC(=O)C1CC(F)(F)CN1)c1ccc2c(c1)OCO2.Cl. The summed E-state index contributed by atoms with van der Waals surface area (Å²) >= 11 is 0. The average Bonchev–Trinajstić information content (AvgIpc) is 3.10. The number of hydrogen-bond acceptors (Lipinski definition) is 4. The molecule has 1 aromatic rings. The molecule has 0 spiro atoms. The number of nitrogens with one attached hydrogen (secondary N) is 2. The monoisotopic (exact) mass is 362 g/mol. The Morgan fingerprint density at radius 3 is 2.75 bits per heavy atom. The Morgan fingerprint density at radius 1 is 1.38 bits per heavy atom. The van der Waals surface area contributed by atoms with Gasteiger partial charge in [0.25, 0.3) is 5.92 Å². The summed E-state index contributed by atoms with van der Waals surface area (Å²) in [5.74, 6) is -1.82. The molecule has 2 N–H and O–H groups in total.